The number of hydrogen-bond acceptors (Lipinski definition) is 7. The molecule has 1 saturated heterocycles. The molecule has 1 aliphatic rings. The number of aromatic nitrogens is 5. The quantitative estimate of drug-likeness (QED) is 0.821. The molecule has 2 aromatic rings. The number of likely N-dealkylation sites (tertiary alicyclic amines) is 1. The Morgan fingerprint density at radius 3 is 3.00 bits per heavy atom. The molecule has 3 N–H and O–H groups in total. The molecular formula is C12H18N8. The molecule has 1 aliphatic heterocycles. The Hall–Kier alpha value is -2.22. The lowest BCUT2D eigenvalue weighted by molar-refractivity contribution is 0.260. The molecule has 1 atom stereocenters. The van der Waals surface area contributed by atoms with Crippen LogP contribution in [0.3, 0.4) is 0 Å². The molecular weight excluding hydrogens is 256 g/mol. The molecule has 106 valence electrons. The lowest BCUT2D eigenvalue weighted by atomic mass is 10.1. The third-order valence-corrected chi connectivity index (χ3v) is 3.33. The second-order valence-electron chi connectivity index (χ2n) is 5.03. The maximum absolute atomic E-state index is 5.75. The summed E-state index contributed by atoms with van der Waals surface area (Å²) in [4.78, 5) is 18.9. The topological polar surface area (TPSA) is 97.8 Å². The van der Waals surface area contributed by atoms with Gasteiger partial charge in [-0.2, -0.15) is 15.0 Å². The number of likely N-dealkylation sites (N-methyl/N-ethyl adjacent to an activating group) is 1. The van der Waals surface area contributed by atoms with E-state index in [4.69, 9.17) is 5.73 Å². The summed E-state index contributed by atoms with van der Waals surface area (Å²) < 4.78 is 1.70. The lowest BCUT2D eigenvalue weighted by Gasteiger charge is -2.30. The van der Waals surface area contributed by atoms with E-state index in [1.54, 1.807) is 23.3 Å². The normalized spacial score (nSPS) is 19.9. The SMILES string of the molecule is CN1CCCC(Nc2nc(N)nc(-n3ccnc3)n2)C1. The van der Waals surface area contributed by atoms with Gasteiger partial charge >= 0.3 is 0 Å². The minimum Gasteiger partial charge on any atom is -0.368 e. The molecule has 3 rings (SSSR count). The van der Waals surface area contributed by atoms with Crippen molar-refractivity contribution >= 4 is 11.9 Å². The molecule has 0 spiro atoms. The van der Waals surface area contributed by atoms with E-state index in [0.717, 1.165) is 19.5 Å². The first kappa shape index (κ1) is 12.8. The van der Waals surface area contributed by atoms with E-state index < -0.39 is 0 Å². The van der Waals surface area contributed by atoms with Crippen LogP contribution in [0.4, 0.5) is 11.9 Å². The van der Waals surface area contributed by atoms with Crippen molar-refractivity contribution in [3.8, 4) is 5.95 Å². The molecule has 0 saturated carbocycles. The van der Waals surface area contributed by atoms with Crippen LogP contribution in [0, 0.1) is 0 Å². The summed E-state index contributed by atoms with van der Waals surface area (Å²) in [6.45, 7) is 2.11. The summed E-state index contributed by atoms with van der Waals surface area (Å²) >= 11 is 0. The highest BCUT2D eigenvalue weighted by atomic mass is 15.3. The van der Waals surface area contributed by atoms with Gasteiger partial charge in [0.1, 0.15) is 6.33 Å². The van der Waals surface area contributed by atoms with Gasteiger partial charge in [-0.1, -0.05) is 0 Å². The van der Waals surface area contributed by atoms with E-state index >= 15 is 0 Å². The zero-order valence-electron chi connectivity index (χ0n) is 11.4. The van der Waals surface area contributed by atoms with Crippen molar-refractivity contribution in [3.63, 3.8) is 0 Å². The van der Waals surface area contributed by atoms with Crippen LogP contribution in [0.1, 0.15) is 12.8 Å². The van der Waals surface area contributed by atoms with Crippen molar-refractivity contribution < 1.29 is 0 Å². The lowest BCUT2D eigenvalue weighted by Crippen LogP contribution is -2.40. The summed E-state index contributed by atoms with van der Waals surface area (Å²) in [6.07, 6.45) is 7.35. The van der Waals surface area contributed by atoms with E-state index in [-0.39, 0.29) is 5.95 Å². The van der Waals surface area contributed by atoms with E-state index in [1.807, 2.05) is 0 Å². The van der Waals surface area contributed by atoms with Crippen molar-refractivity contribution in [1.82, 2.24) is 29.4 Å². The third-order valence-electron chi connectivity index (χ3n) is 3.33. The predicted molar refractivity (Wildman–Crippen MR) is 75.5 cm³/mol. The summed E-state index contributed by atoms with van der Waals surface area (Å²) in [5.74, 6) is 1.19. The first-order valence-electron chi connectivity index (χ1n) is 6.65. The largest absolute Gasteiger partial charge is 0.368 e. The van der Waals surface area contributed by atoms with Crippen LogP contribution in [-0.4, -0.2) is 55.6 Å². The standard InChI is InChI=1S/C12H18N8/c1-19-5-2-3-9(7-19)15-11-16-10(13)17-12(18-11)20-6-4-14-8-20/h4,6,8-9H,2-3,5,7H2,1H3,(H3,13,15,16,17,18). The van der Waals surface area contributed by atoms with Crippen molar-refractivity contribution in [2.45, 2.75) is 18.9 Å². The van der Waals surface area contributed by atoms with Gasteiger partial charge in [-0.25, -0.2) is 4.98 Å². The molecule has 0 aromatic carbocycles. The van der Waals surface area contributed by atoms with Crippen LogP contribution in [0.2, 0.25) is 0 Å². The Bertz CT molecular complexity index is 567. The summed E-state index contributed by atoms with van der Waals surface area (Å²) in [6, 6.07) is 0.339. The number of rotatable bonds is 3. The van der Waals surface area contributed by atoms with Crippen molar-refractivity contribution in [2.75, 3.05) is 31.2 Å². The van der Waals surface area contributed by atoms with Gasteiger partial charge in [-0.05, 0) is 26.4 Å². The Morgan fingerprint density at radius 1 is 1.35 bits per heavy atom. The highest BCUT2D eigenvalue weighted by Crippen LogP contribution is 2.14. The van der Waals surface area contributed by atoms with Crippen molar-refractivity contribution in [3.05, 3.63) is 18.7 Å². The van der Waals surface area contributed by atoms with E-state index in [2.05, 4.69) is 37.2 Å². The van der Waals surface area contributed by atoms with Gasteiger partial charge in [0.25, 0.3) is 0 Å². The van der Waals surface area contributed by atoms with Crippen LogP contribution in [0.5, 0.6) is 0 Å². The van der Waals surface area contributed by atoms with Crippen LogP contribution < -0.4 is 11.1 Å². The monoisotopic (exact) mass is 274 g/mol. The zero-order chi connectivity index (χ0) is 13.9. The highest BCUT2D eigenvalue weighted by molar-refractivity contribution is 5.36. The maximum Gasteiger partial charge on any atom is 0.241 e. The predicted octanol–water partition coefficient (Wildman–Crippen LogP) is 0.146. The zero-order valence-corrected chi connectivity index (χ0v) is 11.4. The molecule has 20 heavy (non-hydrogen) atoms. The number of hydrogen-bond donors (Lipinski definition) is 2. The molecule has 8 nitrogen and oxygen atoms in total. The van der Waals surface area contributed by atoms with Gasteiger partial charge in [-0.3, -0.25) is 4.57 Å². The molecule has 0 aliphatic carbocycles. The fraction of sp³-hybridized carbons (Fsp3) is 0.500. The van der Waals surface area contributed by atoms with Gasteiger partial charge in [0.15, 0.2) is 0 Å². The number of nitrogens with one attached hydrogen (secondary N) is 1. The first-order chi connectivity index (χ1) is 9.70. The second kappa shape index (κ2) is 5.41. The van der Waals surface area contributed by atoms with Gasteiger partial charge in [0.05, 0.1) is 0 Å². The Kier molecular flexibility index (Phi) is 3.46. The fourth-order valence-corrected chi connectivity index (χ4v) is 2.40. The van der Waals surface area contributed by atoms with Crippen LogP contribution in [-0.2, 0) is 0 Å². The van der Waals surface area contributed by atoms with Gasteiger partial charge in [0, 0.05) is 25.0 Å². The molecule has 3 heterocycles. The van der Waals surface area contributed by atoms with Crippen LogP contribution in [0.25, 0.3) is 5.95 Å². The Morgan fingerprint density at radius 2 is 2.25 bits per heavy atom. The number of nitrogen functional groups attached to an aromatic ring is 1. The number of nitrogens with zero attached hydrogens (tertiary/aromatic N) is 6. The van der Waals surface area contributed by atoms with E-state index in [9.17, 15) is 0 Å². The van der Waals surface area contributed by atoms with Crippen LogP contribution >= 0.6 is 0 Å². The van der Waals surface area contributed by atoms with Crippen LogP contribution in [0.15, 0.2) is 18.7 Å². The fourth-order valence-electron chi connectivity index (χ4n) is 2.40. The van der Waals surface area contributed by atoms with E-state index in [0.29, 0.717) is 17.9 Å². The number of piperidine rings is 1. The minimum atomic E-state index is 0.204. The van der Waals surface area contributed by atoms with Gasteiger partial charge in [-0.15, -0.1) is 0 Å². The summed E-state index contributed by atoms with van der Waals surface area (Å²) in [5, 5.41) is 3.34. The molecule has 0 radical (unpaired) electrons. The second-order valence-corrected chi connectivity index (χ2v) is 5.03. The molecule has 0 amide bonds. The number of anilines is 2. The average molecular weight is 274 g/mol. The molecule has 8 heteroatoms. The highest BCUT2D eigenvalue weighted by Gasteiger charge is 2.18. The number of imidazole rings is 1. The maximum atomic E-state index is 5.75. The van der Waals surface area contributed by atoms with Gasteiger partial charge in [0.2, 0.25) is 17.8 Å². The third kappa shape index (κ3) is 2.85. The van der Waals surface area contributed by atoms with E-state index in [1.165, 1.54) is 6.42 Å². The molecule has 2 aromatic heterocycles. The minimum absolute atomic E-state index is 0.204. The van der Waals surface area contributed by atoms with Gasteiger partial charge < -0.3 is 16.0 Å². The first-order valence-corrected chi connectivity index (χ1v) is 6.65. The summed E-state index contributed by atoms with van der Waals surface area (Å²) in [7, 11) is 2.12. The Labute approximate surface area is 117 Å². The average Bonchev–Trinajstić information content (AvgIpc) is 2.91. The van der Waals surface area contributed by atoms with Crippen molar-refractivity contribution in [1.29, 1.82) is 0 Å². The molecule has 1 fully saturated rings. The van der Waals surface area contributed by atoms with Crippen molar-refractivity contribution in [2.24, 2.45) is 0 Å². The molecule has 0 bridgehead atoms. The smallest absolute Gasteiger partial charge is 0.241 e. The number of nitrogens with two attached hydrogens (primary N) is 1. The Balaban J connectivity index is 1.79. The summed E-state index contributed by atoms with van der Waals surface area (Å²) in [5.41, 5.74) is 5.75. The molecule has 1 unspecified atom stereocenters.